The molecule has 0 radical (unpaired) electrons. The Bertz CT molecular complexity index is 2720. The molecule has 0 saturated carbocycles. The fraction of sp³-hybridized carbons (Fsp3) is 0.138. The van der Waals surface area contributed by atoms with E-state index < -0.39 is 0 Å². The van der Waals surface area contributed by atoms with Crippen molar-refractivity contribution in [1.29, 1.82) is 0 Å². The topological polar surface area (TPSA) is 4.93 Å². The van der Waals surface area contributed by atoms with Crippen molar-refractivity contribution in [3.63, 3.8) is 0 Å². The molecule has 1 aromatic heterocycles. The third kappa shape index (κ3) is 9.96. The molecule has 0 spiro atoms. The zero-order valence-electron chi connectivity index (χ0n) is 35.5. The summed E-state index contributed by atoms with van der Waals surface area (Å²) >= 11 is 4.06. The Hall–Kier alpha value is -6.22. The lowest BCUT2D eigenvalue weighted by Crippen LogP contribution is -2.09. The fourth-order valence-electron chi connectivity index (χ4n) is 7.90. The Morgan fingerprint density at radius 3 is 1.77 bits per heavy atom. The van der Waals surface area contributed by atoms with E-state index >= 15 is 0 Å². The van der Waals surface area contributed by atoms with Crippen LogP contribution in [0.15, 0.2) is 225 Å². The average molecular weight is 847 g/mol. The van der Waals surface area contributed by atoms with Gasteiger partial charge in [0.25, 0.3) is 0 Å². The second-order valence-corrected chi connectivity index (χ2v) is 15.5. The first-order valence-corrected chi connectivity index (χ1v) is 22.1. The van der Waals surface area contributed by atoms with E-state index in [0.29, 0.717) is 0 Å². The Kier molecular flexibility index (Phi) is 15.7. The van der Waals surface area contributed by atoms with Crippen LogP contribution in [-0.4, -0.2) is 9.39 Å². The summed E-state index contributed by atoms with van der Waals surface area (Å²) in [6.07, 6.45) is 23.8. The average Bonchev–Trinajstić information content (AvgIpc) is 3.65. The molecule has 0 bridgehead atoms. The van der Waals surface area contributed by atoms with Gasteiger partial charge >= 0.3 is 0 Å². The zero-order chi connectivity index (χ0) is 42.3. The number of rotatable bonds is 7. The molecule has 60 heavy (non-hydrogen) atoms. The Balaban J connectivity index is 0.000000449. The summed E-state index contributed by atoms with van der Waals surface area (Å²) in [6, 6.07) is 50.7. The third-order valence-corrected chi connectivity index (χ3v) is 11.6. The number of para-hydroxylation sites is 2. The maximum atomic E-state index is 4.06. The van der Waals surface area contributed by atoms with E-state index in [-0.39, 0.29) is 4.83 Å². The molecular weight excluding hydrogens is 791 g/mol. The van der Waals surface area contributed by atoms with Crippen LogP contribution < -0.4 is 0 Å². The quantitative estimate of drug-likeness (QED) is 0.111. The van der Waals surface area contributed by atoms with E-state index in [1.54, 1.807) is 12.2 Å². The minimum absolute atomic E-state index is 0.283. The highest BCUT2D eigenvalue weighted by Gasteiger charge is 2.22. The Labute approximate surface area is 366 Å². The highest BCUT2D eigenvalue weighted by atomic mass is 79.9. The lowest BCUT2D eigenvalue weighted by atomic mass is 9.84. The molecule has 1 atom stereocenters. The molecule has 1 heterocycles. The van der Waals surface area contributed by atoms with Crippen molar-refractivity contribution < 1.29 is 0 Å². The SMILES string of the molecule is BrC1CC(C2=CC=C(c3cccc4ccccc34)CC2)=CC=C1c1ccc(-c2ccc3c4ccccc4n(-c4ccccc4)c3c2)cc1.C/C=C\C=C/C.C=CC=C.CC. The smallest absolute Gasteiger partial charge is 0.0547 e. The van der Waals surface area contributed by atoms with Crippen LogP contribution in [0.3, 0.4) is 0 Å². The summed E-state index contributed by atoms with van der Waals surface area (Å²) in [6.45, 7) is 14.7. The second-order valence-electron chi connectivity index (χ2n) is 14.4. The van der Waals surface area contributed by atoms with Crippen LogP contribution >= 0.6 is 15.9 Å². The van der Waals surface area contributed by atoms with Gasteiger partial charge in [0, 0.05) is 21.3 Å². The van der Waals surface area contributed by atoms with Crippen LogP contribution in [0.25, 0.3) is 60.5 Å². The molecule has 0 saturated heterocycles. The second kappa shape index (κ2) is 21.7. The summed E-state index contributed by atoms with van der Waals surface area (Å²) in [4.78, 5) is 0.283. The molecule has 2 aliphatic rings. The van der Waals surface area contributed by atoms with E-state index in [0.717, 1.165) is 19.3 Å². The Morgan fingerprint density at radius 2 is 1.10 bits per heavy atom. The van der Waals surface area contributed by atoms with Gasteiger partial charge in [-0.3, -0.25) is 0 Å². The minimum Gasteiger partial charge on any atom is -0.309 e. The van der Waals surface area contributed by atoms with Crippen LogP contribution in [-0.2, 0) is 0 Å². The van der Waals surface area contributed by atoms with E-state index in [2.05, 4.69) is 197 Å². The number of hydrogen-bond acceptors (Lipinski definition) is 0. The van der Waals surface area contributed by atoms with Crippen LogP contribution in [0.4, 0.5) is 0 Å². The summed E-state index contributed by atoms with van der Waals surface area (Å²) in [5, 5.41) is 5.21. The lowest BCUT2D eigenvalue weighted by molar-refractivity contribution is 0.926. The van der Waals surface area contributed by atoms with Gasteiger partial charge in [-0.05, 0) is 113 Å². The number of aromatic nitrogens is 1. The van der Waals surface area contributed by atoms with E-state index in [4.69, 9.17) is 0 Å². The first-order valence-electron chi connectivity index (χ1n) is 21.1. The van der Waals surface area contributed by atoms with E-state index in [9.17, 15) is 0 Å². The summed E-state index contributed by atoms with van der Waals surface area (Å²) in [5.74, 6) is 0. The molecule has 2 heteroatoms. The van der Waals surface area contributed by atoms with Gasteiger partial charge in [0.05, 0.1) is 11.0 Å². The Morgan fingerprint density at radius 1 is 0.533 bits per heavy atom. The van der Waals surface area contributed by atoms with E-state index in [1.807, 2.05) is 52.0 Å². The summed E-state index contributed by atoms with van der Waals surface area (Å²) in [7, 11) is 0. The standard InChI is InChI=1S/C46H34BrN.C6H10.C4H6.C2H6/c47-44-29-36(31-17-21-34(22-18-31)40-15-8-10-33-9-4-5-13-39(33)40)25-27-41(44)35-23-19-32(20-24-35)37-26-28-43-42-14-6-7-16-45(42)48(46(43)30-37)38-11-2-1-3-12-38;1-3-5-6-4-2;1-3-4-2;1-2/h1-17,19-21,23-28,30,44H,18,22,29H2;3-6H,1-2H3;3-4H,1-2H2;1-2H3/b;5-3-,6-4-;;. The highest BCUT2D eigenvalue weighted by Crippen LogP contribution is 2.40. The summed E-state index contributed by atoms with van der Waals surface area (Å²) < 4.78 is 2.39. The molecule has 0 aliphatic heterocycles. The van der Waals surface area contributed by atoms with Crippen molar-refractivity contribution in [2.24, 2.45) is 0 Å². The lowest BCUT2D eigenvalue weighted by Gasteiger charge is -2.24. The molecule has 7 aromatic rings. The van der Waals surface area contributed by atoms with Crippen molar-refractivity contribution >= 4 is 59.7 Å². The molecule has 0 fully saturated rings. The number of fused-ring (bicyclic) bond motifs is 4. The van der Waals surface area contributed by atoms with Gasteiger partial charge in [-0.25, -0.2) is 0 Å². The van der Waals surface area contributed by atoms with Crippen LogP contribution in [0, 0.1) is 0 Å². The van der Waals surface area contributed by atoms with Crippen LogP contribution in [0.2, 0.25) is 0 Å². The van der Waals surface area contributed by atoms with Crippen molar-refractivity contribution in [2.45, 2.75) is 51.8 Å². The molecular formula is C58H56BrN. The number of halogens is 1. The normalized spacial score (nSPS) is 14.8. The predicted octanol–water partition coefficient (Wildman–Crippen LogP) is 17.4. The maximum Gasteiger partial charge on any atom is 0.0547 e. The third-order valence-electron chi connectivity index (χ3n) is 10.8. The largest absolute Gasteiger partial charge is 0.309 e. The van der Waals surface area contributed by atoms with E-state index in [1.165, 1.54) is 82.8 Å². The number of allylic oxidation sites excluding steroid dienone is 14. The van der Waals surface area contributed by atoms with Crippen LogP contribution in [0.1, 0.15) is 58.1 Å². The van der Waals surface area contributed by atoms with Gasteiger partial charge in [-0.2, -0.15) is 0 Å². The monoisotopic (exact) mass is 845 g/mol. The van der Waals surface area contributed by atoms with Gasteiger partial charge in [0.2, 0.25) is 0 Å². The number of hydrogen-bond donors (Lipinski definition) is 0. The van der Waals surface area contributed by atoms with Crippen molar-refractivity contribution in [3.8, 4) is 16.8 Å². The molecule has 1 nitrogen and oxygen atoms in total. The van der Waals surface area contributed by atoms with Gasteiger partial charge in [-0.1, -0.05) is 219 Å². The number of benzene rings is 6. The molecule has 1 unspecified atom stereocenters. The van der Waals surface area contributed by atoms with Crippen molar-refractivity contribution in [1.82, 2.24) is 4.57 Å². The van der Waals surface area contributed by atoms with Crippen molar-refractivity contribution in [2.75, 3.05) is 0 Å². The molecule has 0 N–H and O–H groups in total. The predicted molar refractivity (Wildman–Crippen MR) is 270 cm³/mol. The first-order chi connectivity index (χ1) is 29.5. The first kappa shape index (κ1) is 43.4. The van der Waals surface area contributed by atoms with Gasteiger partial charge in [0.15, 0.2) is 0 Å². The zero-order valence-corrected chi connectivity index (χ0v) is 37.1. The minimum atomic E-state index is 0.283. The van der Waals surface area contributed by atoms with Gasteiger partial charge in [-0.15, -0.1) is 0 Å². The molecule has 2 aliphatic carbocycles. The van der Waals surface area contributed by atoms with Gasteiger partial charge < -0.3 is 4.57 Å². The summed E-state index contributed by atoms with van der Waals surface area (Å²) in [5.41, 5.74) is 14.4. The maximum absolute atomic E-state index is 4.06. The fourth-order valence-corrected chi connectivity index (χ4v) is 8.66. The molecule has 300 valence electrons. The highest BCUT2D eigenvalue weighted by molar-refractivity contribution is 9.09. The molecule has 9 rings (SSSR count). The van der Waals surface area contributed by atoms with Crippen molar-refractivity contribution in [3.05, 3.63) is 236 Å². The van der Waals surface area contributed by atoms with Crippen LogP contribution in [0.5, 0.6) is 0 Å². The number of nitrogens with zero attached hydrogens (tertiary/aromatic N) is 1. The molecule has 0 amide bonds. The molecule has 6 aromatic carbocycles. The number of alkyl halides is 1. The van der Waals surface area contributed by atoms with Gasteiger partial charge in [0.1, 0.15) is 0 Å².